The average Bonchev–Trinajstić information content (AvgIpc) is 3.43. The number of carbonyl (C=O) groups excluding carboxylic acids is 1. The monoisotopic (exact) mass is 417 g/mol. The maximum absolute atomic E-state index is 12.6. The first-order valence-electron chi connectivity index (χ1n) is 10.2. The minimum Gasteiger partial charge on any atom is -0.454 e. The standard InChI is InChI=1S/C21H24ClN3O4/c1-13-17(10-24-6-7-25(20(26)11-24)14-4-2-3-5-14)23-21(29-13)15-8-18-19(9-16(15)22)28-12-27-18/h8-9,14H,2-7,10-12H2,1H3. The summed E-state index contributed by atoms with van der Waals surface area (Å²) in [4.78, 5) is 21.5. The molecule has 0 N–H and O–H groups in total. The molecular weight excluding hydrogens is 394 g/mol. The summed E-state index contributed by atoms with van der Waals surface area (Å²) < 4.78 is 16.7. The lowest BCUT2D eigenvalue weighted by molar-refractivity contribution is -0.138. The molecule has 2 aromatic rings. The van der Waals surface area contributed by atoms with E-state index in [-0.39, 0.29) is 12.7 Å². The van der Waals surface area contributed by atoms with Crippen molar-refractivity contribution in [2.24, 2.45) is 0 Å². The fraction of sp³-hybridized carbons (Fsp3) is 0.524. The van der Waals surface area contributed by atoms with E-state index in [2.05, 4.69) is 14.8 Å². The molecule has 0 radical (unpaired) electrons. The third kappa shape index (κ3) is 3.57. The molecule has 8 heteroatoms. The van der Waals surface area contributed by atoms with E-state index in [1.165, 1.54) is 12.8 Å². The van der Waals surface area contributed by atoms with Gasteiger partial charge in [0.15, 0.2) is 11.5 Å². The van der Waals surface area contributed by atoms with E-state index < -0.39 is 0 Å². The van der Waals surface area contributed by atoms with Crippen molar-refractivity contribution in [2.45, 2.75) is 45.2 Å². The summed E-state index contributed by atoms with van der Waals surface area (Å²) in [5, 5.41) is 0.502. The van der Waals surface area contributed by atoms with Crippen LogP contribution in [0, 0.1) is 6.92 Å². The Hall–Kier alpha value is -2.25. The van der Waals surface area contributed by atoms with Crippen LogP contribution >= 0.6 is 11.6 Å². The first-order valence-corrected chi connectivity index (χ1v) is 10.5. The molecule has 1 saturated heterocycles. The van der Waals surface area contributed by atoms with Crippen molar-refractivity contribution in [2.75, 3.05) is 26.4 Å². The number of carbonyl (C=O) groups is 1. The molecule has 0 unspecified atom stereocenters. The van der Waals surface area contributed by atoms with Crippen LogP contribution in [0.4, 0.5) is 0 Å². The second kappa shape index (κ2) is 7.54. The van der Waals surface area contributed by atoms with E-state index in [0.717, 1.165) is 37.4 Å². The molecule has 1 aromatic carbocycles. The van der Waals surface area contributed by atoms with Crippen molar-refractivity contribution in [1.82, 2.24) is 14.8 Å². The first kappa shape index (κ1) is 18.8. The number of benzene rings is 1. The number of piperazine rings is 1. The Morgan fingerprint density at radius 1 is 1.17 bits per heavy atom. The van der Waals surface area contributed by atoms with Crippen LogP contribution in [-0.4, -0.2) is 53.2 Å². The van der Waals surface area contributed by atoms with Gasteiger partial charge in [0.1, 0.15) is 5.76 Å². The van der Waals surface area contributed by atoms with Gasteiger partial charge in [0.05, 0.1) is 22.8 Å². The van der Waals surface area contributed by atoms with Gasteiger partial charge < -0.3 is 18.8 Å². The minimum atomic E-state index is 0.186. The number of amides is 1. The molecule has 3 aliphatic rings. The Morgan fingerprint density at radius 3 is 2.69 bits per heavy atom. The molecule has 2 fully saturated rings. The second-order valence-electron chi connectivity index (χ2n) is 7.94. The normalized spacial score (nSPS) is 20.1. The predicted octanol–water partition coefficient (Wildman–Crippen LogP) is 3.62. The van der Waals surface area contributed by atoms with Crippen molar-refractivity contribution >= 4 is 17.5 Å². The molecule has 5 rings (SSSR count). The molecule has 2 aliphatic heterocycles. The van der Waals surface area contributed by atoms with Crippen LogP contribution in [0.25, 0.3) is 11.5 Å². The Kier molecular flexibility index (Phi) is 4.87. The number of oxazole rings is 1. The van der Waals surface area contributed by atoms with E-state index in [1.807, 2.05) is 6.92 Å². The fourth-order valence-electron chi connectivity index (χ4n) is 4.45. The van der Waals surface area contributed by atoms with Crippen molar-refractivity contribution in [3.05, 3.63) is 28.6 Å². The van der Waals surface area contributed by atoms with Crippen LogP contribution in [0.5, 0.6) is 11.5 Å². The summed E-state index contributed by atoms with van der Waals surface area (Å²) in [6, 6.07) is 3.96. The van der Waals surface area contributed by atoms with Gasteiger partial charge in [0.25, 0.3) is 0 Å². The van der Waals surface area contributed by atoms with Gasteiger partial charge in [-0.15, -0.1) is 0 Å². The quantitative estimate of drug-likeness (QED) is 0.756. The molecule has 0 spiro atoms. The number of ether oxygens (including phenoxy) is 2. The molecule has 0 bridgehead atoms. The SMILES string of the molecule is Cc1oc(-c2cc3c(cc2Cl)OCO3)nc1CN1CCN(C2CCCC2)C(=O)C1. The maximum Gasteiger partial charge on any atom is 0.237 e. The number of aromatic nitrogens is 1. The van der Waals surface area contributed by atoms with Gasteiger partial charge in [-0.2, -0.15) is 0 Å². The van der Waals surface area contributed by atoms with E-state index in [4.69, 9.17) is 25.5 Å². The van der Waals surface area contributed by atoms with Crippen LogP contribution in [0.15, 0.2) is 16.5 Å². The van der Waals surface area contributed by atoms with Gasteiger partial charge in [-0.3, -0.25) is 9.69 Å². The van der Waals surface area contributed by atoms with E-state index in [0.29, 0.717) is 47.1 Å². The van der Waals surface area contributed by atoms with Gasteiger partial charge in [-0.25, -0.2) is 4.98 Å². The average molecular weight is 418 g/mol. The topological polar surface area (TPSA) is 68.0 Å². The fourth-order valence-corrected chi connectivity index (χ4v) is 4.69. The lowest BCUT2D eigenvalue weighted by atomic mass is 10.1. The molecule has 1 amide bonds. The third-order valence-electron chi connectivity index (χ3n) is 6.06. The zero-order valence-electron chi connectivity index (χ0n) is 16.4. The Bertz CT molecular complexity index is 938. The smallest absolute Gasteiger partial charge is 0.237 e. The van der Waals surface area contributed by atoms with Gasteiger partial charge >= 0.3 is 0 Å². The van der Waals surface area contributed by atoms with Crippen molar-refractivity contribution in [3.8, 4) is 23.0 Å². The number of rotatable bonds is 4. The number of hydrogen-bond acceptors (Lipinski definition) is 6. The molecule has 154 valence electrons. The summed E-state index contributed by atoms with van der Waals surface area (Å²) in [7, 11) is 0. The van der Waals surface area contributed by atoms with Crippen LogP contribution < -0.4 is 9.47 Å². The van der Waals surface area contributed by atoms with Gasteiger partial charge in [0.2, 0.25) is 18.6 Å². The number of hydrogen-bond donors (Lipinski definition) is 0. The predicted molar refractivity (Wildman–Crippen MR) is 107 cm³/mol. The molecule has 3 heterocycles. The summed E-state index contributed by atoms with van der Waals surface area (Å²) in [5.74, 6) is 2.68. The van der Waals surface area contributed by atoms with Crippen LogP contribution in [-0.2, 0) is 11.3 Å². The highest BCUT2D eigenvalue weighted by molar-refractivity contribution is 6.33. The highest BCUT2D eigenvalue weighted by atomic mass is 35.5. The van der Waals surface area contributed by atoms with Crippen LogP contribution in [0.2, 0.25) is 5.02 Å². The van der Waals surface area contributed by atoms with Crippen molar-refractivity contribution in [3.63, 3.8) is 0 Å². The van der Waals surface area contributed by atoms with E-state index in [1.54, 1.807) is 12.1 Å². The van der Waals surface area contributed by atoms with Crippen LogP contribution in [0.1, 0.15) is 37.1 Å². The summed E-state index contributed by atoms with van der Waals surface area (Å²) in [6.07, 6.45) is 4.77. The van der Waals surface area contributed by atoms with Crippen LogP contribution in [0.3, 0.4) is 0 Å². The largest absolute Gasteiger partial charge is 0.454 e. The number of halogens is 1. The van der Waals surface area contributed by atoms with Gasteiger partial charge in [0, 0.05) is 31.7 Å². The summed E-state index contributed by atoms with van der Waals surface area (Å²) >= 11 is 6.40. The summed E-state index contributed by atoms with van der Waals surface area (Å²) in [6.45, 7) is 4.75. The second-order valence-corrected chi connectivity index (χ2v) is 8.35. The Balaban J connectivity index is 1.30. The summed E-state index contributed by atoms with van der Waals surface area (Å²) in [5.41, 5.74) is 1.50. The Morgan fingerprint density at radius 2 is 1.93 bits per heavy atom. The first-order chi connectivity index (χ1) is 14.1. The molecular formula is C21H24ClN3O4. The minimum absolute atomic E-state index is 0.186. The molecule has 29 heavy (non-hydrogen) atoms. The zero-order chi connectivity index (χ0) is 20.0. The molecule has 1 aliphatic carbocycles. The number of aryl methyl sites for hydroxylation is 1. The number of nitrogens with zero attached hydrogens (tertiary/aromatic N) is 3. The molecule has 7 nitrogen and oxygen atoms in total. The Labute approximate surface area is 174 Å². The number of fused-ring (bicyclic) bond motifs is 1. The van der Waals surface area contributed by atoms with Gasteiger partial charge in [-0.05, 0) is 25.8 Å². The zero-order valence-corrected chi connectivity index (χ0v) is 17.2. The highest BCUT2D eigenvalue weighted by Gasteiger charge is 2.32. The van der Waals surface area contributed by atoms with E-state index in [9.17, 15) is 4.79 Å². The highest BCUT2D eigenvalue weighted by Crippen LogP contribution is 2.41. The maximum atomic E-state index is 12.6. The van der Waals surface area contributed by atoms with Crippen molar-refractivity contribution < 1.29 is 18.7 Å². The lowest BCUT2D eigenvalue weighted by Gasteiger charge is -2.37. The van der Waals surface area contributed by atoms with Gasteiger partial charge in [-0.1, -0.05) is 24.4 Å². The molecule has 1 saturated carbocycles. The van der Waals surface area contributed by atoms with E-state index >= 15 is 0 Å². The lowest BCUT2D eigenvalue weighted by Crippen LogP contribution is -2.53. The van der Waals surface area contributed by atoms with Crippen molar-refractivity contribution in [1.29, 1.82) is 0 Å². The third-order valence-corrected chi connectivity index (χ3v) is 6.37. The molecule has 1 aromatic heterocycles. The molecule has 0 atom stereocenters.